The number of fused-ring (bicyclic) bond motifs is 2. The van der Waals surface area contributed by atoms with Crippen LogP contribution >= 0.6 is 0 Å². The van der Waals surface area contributed by atoms with Crippen molar-refractivity contribution in [1.29, 1.82) is 0 Å². The van der Waals surface area contributed by atoms with Crippen LogP contribution in [-0.2, 0) is 28.6 Å². The fraction of sp³-hybridized carbons (Fsp3) is 0.533. The number of rotatable bonds is 7. The molecule has 6 N–H and O–H groups in total. The molecule has 13 heteroatoms. The number of hydrogen-bond donors (Lipinski definition) is 5. The van der Waals surface area contributed by atoms with Gasteiger partial charge in [0, 0.05) is 43.9 Å². The molecule has 0 spiro atoms. The number of aliphatic hydroxyl groups is 2. The zero-order valence-electron chi connectivity index (χ0n) is 25.1. The second-order valence-electron chi connectivity index (χ2n) is 10.5. The van der Waals surface area contributed by atoms with E-state index in [0.29, 0.717) is 0 Å². The Morgan fingerprint density at radius 3 is 2.49 bits per heavy atom. The summed E-state index contributed by atoms with van der Waals surface area (Å²) in [7, 11) is 2.76. The highest BCUT2D eigenvalue weighted by Gasteiger charge is 2.33. The Bertz CT molecular complexity index is 1210. The minimum Gasteiger partial charge on any atom is -0.439 e. The van der Waals surface area contributed by atoms with Crippen molar-refractivity contribution in [2.75, 3.05) is 34.0 Å². The Morgan fingerprint density at radius 1 is 1.21 bits per heavy atom. The van der Waals surface area contributed by atoms with Crippen LogP contribution in [0.2, 0.25) is 0 Å². The molecule has 0 unspecified atom stereocenters. The van der Waals surface area contributed by atoms with Crippen LogP contribution in [0, 0.1) is 11.8 Å². The first-order valence-electron chi connectivity index (χ1n) is 13.9. The molecule has 2 bridgehead atoms. The predicted octanol–water partition coefficient (Wildman–Crippen LogP) is 1.29. The van der Waals surface area contributed by atoms with Gasteiger partial charge >= 0.3 is 6.09 Å². The average Bonchev–Trinajstić information content (AvgIpc) is 2.96. The summed E-state index contributed by atoms with van der Waals surface area (Å²) in [6.07, 6.45) is 2.09. The standard InChI is InChI=1S/C30H42FN3O9/c1-16-11-20-25(33-10-9-31)22(36)14-21(27(20)38)34-29(39)17(2)7-6-8-23(41-4)28(43-30(32)40)19(15-35)13-18(3)26(37)24(12-16)42-5/h6-8,13-14,16,18,23-24,26,28,33,35,37H,9-12,15H2,1-5H3,(H2,32,40)(H,34,39)/b8-6-,17-7+,19-13+/t16-,18+,23-,24-,26+,28-/m0/s1. The highest BCUT2D eigenvalue weighted by Crippen LogP contribution is 2.28. The zero-order chi connectivity index (χ0) is 32.3. The molecular weight excluding hydrogens is 565 g/mol. The maximum atomic E-state index is 13.5. The lowest BCUT2D eigenvalue weighted by Crippen LogP contribution is -2.38. The number of amides is 2. The quantitative estimate of drug-likeness (QED) is 0.209. The second kappa shape index (κ2) is 16.8. The lowest BCUT2D eigenvalue weighted by Gasteiger charge is -2.30. The van der Waals surface area contributed by atoms with Crippen molar-refractivity contribution in [3.8, 4) is 0 Å². The molecule has 0 aromatic heterocycles. The summed E-state index contributed by atoms with van der Waals surface area (Å²) in [6, 6.07) is 0. The van der Waals surface area contributed by atoms with Crippen molar-refractivity contribution in [2.24, 2.45) is 17.6 Å². The number of ether oxygens (including phenoxy) is 3. The Balaban J connectivity index is 2.65. The third-order valence-corrected chi connectivity index (χ3v) is 7.24. The van der Waals surface area contributed by atoms with E-state index in [1.54, 1.807) is 19.9 Å². The number of methoxy groups -OCH3 is 2. The van der Waals surface area contributed by atoms with Gasteiger partial charge in [-0.3, -0.25) is 14.4 Å². The molecule has 1 aliphatic heterocycles. The van der Waals surface area contributed by atoms with Crippen molar-refractivity contribution in [3.05, 3.63) is 58.5 Å². The normalized spacial score (nSPS) is 31.3. The molecule has 2 aliphatic rings. The number of alkyl halides is 1. The van der Waals surface area contributed by atoms with E-state index in [4.69, 9.17) is 19.9 Å². The number of carbonyl (C=O) groups is 4. The van der Waals surface area contributed by atoms with E-state index in [1.807, 2.05) is 0 Å². The second-order valence-corrected chi connectivity index (χ2v) is 10.5. The number of primary amides is 1. The van der Waals surface area contributed by atoms with Crippen LogP contribution in [0.15, 0.2) is 58.5 Å². The minimum atomic E-state index is -1.17. The molecule has 2 rings (SSSR count). The molecule has 1 heterocycles. The molecule has 6 atom stereocenters. The number of halogens is 1. The largest absolute Gasteiger partial charge is 0.439 e. The summed E-state index contributed by atoms with van der Waals surface area (Å²) in [5.41, 5.74) is 5.48. The number of aliphatic hydroxyl groups excluding tert-OH is 2. The molecule has 0 aromatic rings. The molecule has 0 saturated heterocycles. The summed E-state index contributed by atoms with van der Waals surface area (Å²) in [5.74, 6) is -2.78. The molecule has 2 amide bonds. The maximum absolute atomic E-state index is 13.5. The van der Waals surface area contributed by atoms with Crippen molar-refractivity contribution in [1.82, 2.24) is 10.6 Å². The molecule has 0 aromatic carbocycles. The molecule has 238 valence electrons. The summed E-state index contributed by atoms with van der Waals surface area (Å²) < 4.78 is 29.3. The Hall–Kier alpha value is -3.65. The van der Waals surface area contributed by atoms with Crippen LogP contribution in [0.25, 0.3) is 0 Å². The highest BCUT2D eigenvalue weighted by molar-refractivity contribution is 6.23. The first-order chi connectivity index (χ1) is 20.4. The Kier molecular flexibility index (Phi) is 13.9. The highest BCUT2D eigenvalue weighted by atomic mass is 19.1. The number of nitrogens with one attached hydrogen (secondary N) is 2. The van der Waals surface area contributed by atoms with Crippen LogP contribution in [0.1, 0.15) is 33.6 Å². The molecule has 0 fully saturated rings. The third-order valence-electron chi connectivity index (χ3n) is 7.24. The minimum absolute atomic E-state index is 0.0434. The molecule has 1 aliphatic carbocycles. The lowest BCUT2D eigenvalue weighted by atomic mass is 9.85. The number of carbonyl (C=O) groups excluding carboxylic acids is 4. The van der Waals surface area contributed by atoms with E-state index in [1.165, 1.54) is 39.4 Å². The van der Waals surface area contributed by atoms with E-state index in [-0.39, 0.29) is 53.4 Å². The summed E-state index contributed by atoms with van der Waals surface area (Å²) in [4.78, 5) is 51.1. The number of Topliss-reactive ketones (excluding diaryl/α,β-unsaturated/α-hetero) is 1. The number of nitrogens with two attached hydrogens (primary N) is 1. The van der Waals surface area contributed by atoms with Crippen LogP contribution in [0.3, 0.4) is 0 Å². The van der Waals surface area contributed by atoms with Gasteiger partial charge in [-0.1, -0.05) is 38.2 Å². The number of ketones is 2. The molecular formula is C30H42FN3O9. The van der Waals surface area contributed by atoms with Crippen molar-refractivity contribution < 1.29 is 48.0 Å². The van der Waals surface area contributed by atoms with Gasteiger partial charge in [0.25, 0.3) is 5.91 Å². The monoisotopic (exact) mass is 607 g/mol. The average molecular weight is 608 g/mol. The number of hydrogen-bond acceptors (Lipinski definition) is 10. The summed E-state index contributed by atoms with van der Waals surface area (Å²) in [6.45, 7) is 3.46. The number of allylic oxidation sites excluding steroid dienone is 4. The zero-order valence-corrected chi connectivity index (χ0v) is 25.1. The van der Waals surface area contributed by atoms with Crippen LogP contribution in [0.4, 0.5) is 9.18 Å². The lowest BCUT2D eigenvalue weighted by molar-refractivity contribution is -0.120. The first kappa shape index (κ1) is 35.5. The topological polar surface area (TPSA) is 187 Å². The van der Waals surface area contributed by atoms with Crippen LogP contribution in [0.5, 0.6) is 0 Å². The Morgan fingerprint density at radius 2 is 1.91 bits per heavy atom. The van der Waals surface area contributed by atoms with E-state index < -0.39 is 67.2 Å². The maximum Gasteiger partial charge on any atom is 0.405 e. The van der Waals surface area contributed by atoms with Gasteiger partial charge in [0.1, 0.15) is 12.8 Å². The molecule has 43 heavy (non-hydrogen) atoms. The van der Waals surface area contributed by atoms with Gasteiger partial charge in [0.05, 0.1) is 30.2 Å². The summed E-state index contributed by atoms with van der Waals surface area (Å²) in [5, 5.41) is 26.6. The molecule has 0 radical (unpaired) electrons. The smallest absolute Gasteiger partial charge is 0.405 e. The Labute approximate surface area is 250 Å². The van der Waals surface area contributed by atoms with Gasteiger partial charge in [-0.2, -0.15) is 0 Å². The van der Waals surface area contributed by atoms with E-state index in [0.717, 1.165) is 6.08 Å². The van der Waals surface area contributed by atoms with Gasteiger partial charge in [0.2, 0.25) is 11.6 Å². The SMILES string of the molecule is CO[C@H]1/C=C\C=C(/C)C(=O)NC2=CC(=O)C(NCCF)=C(C[C@H](C)C[C@H](OC)[C@H](O)[C@H](C)/C=C(\CO)[C@@H]1OC(N)=O)C2=O. The third kappa shape index (κ3) is 9.68. The first-order valence-corrected chi connectivity index (χ1v) is 13.9. The van der Waals surface area contributed by atoms with Crippen molar-refractivity contribution >= 4 is 23.6 Å². The van der Waals surface area contributed by atoms with Gasteiger partial charge in [-0.05, 0) is 31.3 Å². The van der Waals surface area contributed by atoms with Crippen molar-refractivity contribution in [2.45, 2.75) is 58.0 Å². The van der Waals surface area contributed by atoms with E-state index in [2.05, 4.69) is 10.6 Å². The van der Waals surface area contributed by atoms with E-state index >= 15 is 0 Å². The predicted molar refractivity (Wildman–Crippen MR) is 155 cm³/mol. The van der Waals surface area contributed by atoms with Crippen LogP contribution in [-0.4, -0.2) is 92.2 Å². The van der Waals surface area contributed by atoms with Gasteiger partial charge < -0.3 is 40.8 Å². The van der Waals surface area contributed by atoms with Gasteiger partial charge in [-0.25, -0.2) is 9.18 Å². The fourth-order valence-corrected chi connectivity index (χ4v) is 4.95. The summed E-state index contributed by atoms with van der Waals surface area (Å²) >= 11 is 0. The fourth-order valence-electron chi connectivity index (χ4n) is 4.95. The molecule has 0 saturated carbocycles. The van der Waals surface area contributed by atoms with Gasteiger partial charge in [-0.15, -0.1) is 0 Å². The van der Waals surface area contributed by atoms with E-state index in [9.17, 15) is 33.8 Å². The van der Waals surface area contributed by atoms with Gasteiger partial charge in [0.15, 0.2) is 6.10 Å². The van der Waals surface area contributed by atoms with Crippen molar-refractivity contribution in [3.63, 3.8) is 0 Å². The molecule has 12 nitrogen and oxygen atoms in total. The van der Waals surface area contributed by atoms with Crippen LogP contribution < -0.4 is 16.4 Å².